The van der Waals surface area contributed by atoms with Crippen molar-refractivity contribution in [2.24, 2.45) is 10.8 Å². The summed E-state index contributed by atoms with van der Waals surface area (Å²) in [6.45, 7) is 0. The fourth-order valence-electron chi connectivity index (χ4n) is 1.80. The largest absolute Gasteiger partial charge is 0.478 e. The van der Waals surface area contributed by atoms with Crippen molar-refractivity contribution in [3.63, 3.8) is 0 Å². The highest BCUT2D eigenvalue weighted by Crippen LogP contribution is 2.24. The first-order valence-electron chi connectivity index (χ1n) is 6.19. The molecule has 2 amide bonds. The van der Waals surface area contributed by atoms with Gasteiger partial charge in [0.2, 0.25) is 0 Å². The summed E-state index contributed by atoms with van der Waals surface area (Å²) in [5.41, 5.74) is 8.38. The number of halogens is 1. The third-order valence-electron chi connectivity index (χ3n) is 2.83. The summed E-state index contributed by atoms with van der Waals surface area (Å²) < 4.78 is 13.9. The normalized spacial score (nSPS) is 10.6. The minimum absolute atomic E-state index is 0.109. The number of hydrogen-bond donors (Lipinski definition) is 3. The average Bonchev–Trinajstić information content (AvgIpc) is 2.47. The highest BCUT2D eigenvalue weighted by molar-refractivity contribution is 5.88. The van der Waals surface area contributed by atoms with Crippen molar-refractivity contribution in [3.05, 3.63) is 59.4 Å². The molecule has 0 fully saturated rings. The summed E-state index contributed by atoms with van der Waals surface area (Å²) in [5.74, 6) is -1.80. The Bertz CT molecular complexity index is 742. The molecule has 2 aromatic carbocycles. The minimum atomic E-state index is -1.18. The summed E-state index contributed by atoms with van der Waals surface area (Å²) >= 11 is 0. The van der Waals surface area contributed by atoms with Crippen molar-refractivity contribution in [1.29, 1.82) is 0 Å². The molecule has 2 rings (SSSR count). The first kappa shape index (κ1) is 15.2. The van der Waals surface area contributed by atoms with E-state index in [-0.39, 0.29) is 5.56 Å². The van der Waals surface area contributed by atoms with E-state index in [1.807, 2.05) is 0 Å². The van der Waals surface area contributed by atoms with Crippen LogP contribution in [0, 0.1) is 5.82 Å². The van der Waals surface area contributed by atoms with Crippen LogP contribution in [0.4, 0.5) is 9.18 Å². The van der Waals surface area contributed by atoms with Crippen LogP contribution < -0.4 is 11.2 Å². The molecule has 0 atom stereocenters. The molecular formula is C15H12FN3O3. The Kier molecular flexibility index (Phi) is 4.47. The summed E-state index contributed by atoms with van der Waals surface area (Å²) in [6.07, 6.45) is 1.39. The van der Waals surface area contributed by atoms with E-state index in [9.17, 15) is 14.0 Å². The first-order valence-corrected chi connectivity index (χ1v) is 6.19. The van der Waals surface area contributed by atoms with Gasteiger partial charge in [-0.25, -0.2) is 19.4 Å². The van der Waals surface area contributed by atoms with Gasteiger partial charge in [0, 0.05) is 5.56 Å². The van der Waals surface area contributed by atoms with Crippen molar-refractivity contribution < 1.29 is 19.1 Å². The number of nitrogens with zero attached hydrogens (tertiary/aromatic N) is 1. The fourth-order valence-corrected chi connectivity index (χ4v) is 1.80. The van der Waals surface area contributed by atoms with Crippen molar-refractivity contribution >= 4 is 18.2 Å². The second kappa shape index (κ2) is 6.49. The fraction of sp³-hybridized carbons (Fsp3) is 0. The van der Waals surface area contributed by atoms with E-state index in [0.717, 1.165) is 6.07 Å². The van der Waals surface area contributed by atoms with Gasteiger partial charge in [-0.3, -0.25) is 0 Å². The van der Waals surface area contributed by atoms with Crippen molar-refractivity contribution in [2.75, 3.05) is 0 Å². The molecule has 0 unspecified atom stereocenters. The average molecular weight is 301 g/mol. The number of hydrazone groups is 1. The van der Waals surface area contributed by atoms with Crippen LogP contribution in [0.3, 0.4) is 0 Å². The highest BCUT2D eigenvalue weighted by Gasteiger charge is 2.09. The van der Waals surface area contributed by atoms with Gasteiger partial charge in [0.25, 0.3) is 0 Å². The van der Waals surface area contributed by atoms with Crippen LogP contribution in [0.2, 0.25) is 0 Å². The molecule has 112 valence electrons. The summed E-state index contributed by atoms with van der Waals surface area (Å²) in [4.78, 5) is 21.2. The molecule has 0 heterocycles. The Morgan fingerprint density at radius 2 is 1.86 bits per heavy atom. The number of hydrogen-bond acceptors (Lipinski definition) is 3. The van der Waals surface area contributed by atoms with Crippen LogP contribution in [0.1, 0.15) is 15.9 Å². The van der Waals surface area contributed by atoms with Crippen LogP contribution in [-0.4, -0.2) is 23.3 Å². The lowest BCUT2D eigenvalue weighted by molar-refractivity contribution is 0.0696. The van der Waals surface area contributed by atoms with E-state index in [1.165, 1.54) is 18.3 Å². The molecule has 0 aliphatic rings. The Hall–Kier alpha value is -3.22. The smallest absolute Gasteiger partial charge is 0.335 e. The number of nitrogens with two attached hydrogens (primary N) is 1. The second-order valence-corrected chi connectivity index (χ2v) is 4.36. The van der Waals surface area contributed by atoms with Gasteiger partial charge in [-0.2, -0.15) is 5.10 Å². The highest BCUT2D eigenvalue weighted by atomic mass is 19.1. The van der Waals surface area contributed by atoms with Crippen LogP contribution >= 0.6 is 0 Å². The van der Waals surface area contributed by atoms with Gasteiger partial charge in [-0.15, -0.1) is 0 Å². The van der Waals surface area contributed by atoms with Gasteiger partial charge in [-0.05, 0) is 23.3 Å². The molecule has 0 aliphatic heterocycles. The predicted molar refractivity (Wildman–Crippen MR) is 79.1 cm³/mol. The molecule has 22 heavy (non-hydrogen) atoms. The van der Waals surface area contributed by atoms with Crippen LogP contribution in [0.5, 0.6) is 0 Å². The Morgan fingerprint density at radius 3 is 2.41 bits per heavy atom. The lowest BCUT2D eigenvalue weighted by Gasteiger charge is -2.05. The van der Waals surface area contributed by atoms with E-state index in [1.54, 1.807) is 24.3 Å². The number of rotatable bonds is 4. The zero-order valence-corrected chi connectivity index (χ0v) is 11.3. The van der Waals surface area contributed by atoms with Gasteiger partial charge < -0.3 is 10.8 Å². The van der Waals surface area contributed by atoms with E-state index < -0.39 is 17.8 Å². The van der Waals surface area contributed by atoms with Gasteiger partial charge in [0.15, 0.2) is 0 Å². The van der Waals surface area contributed by atoms with Crippen LogP contribution in [0.15, 0.2) is 47.6 Å². The maximum Gasteiger partial charge on any atom is 0.335 e. The van der Waals surface area contributed by atoms with Crippen molar-refractivity contribution in [1.82, 2.24) is 5.43 Å². The standard InChI is InChI=1S/C15H12FN3O3/c16-13-7-11(14(20)21)5-6-12(13)10-3-1-9(2-4-10)8-18-19-15(17)22/h1-8H,(H,20,21)(H3,17,19,22). The zero-order chi connectivity index (χ0) is 16.1. The molecule has 0 saturated carbocycles. The van der Waals surface area contributed by atoms with Gasteiger partial charge >= 0.3 is 12.0 Å². The molecule has 2 aromatic rings. The molecule has 0 saturated heterocycles. The van der Waals surface area contributed by atoms with Gasteiger partial charge in [0.1, 0.15) is 5.82 Å². The molecular weight excluding hydrogens is 289 g/mol. The molecule has 6 nitrogen and oxygen atoms in total. The predicted octanol–water partition coefficient (Wildman–Crippen LogP) is 2.19. The van der Waals surface area contributed by atoms with Crippen LogP contribution in [0.25, 0.3) is 11.1 Å². The Morgan fingerprint density at radius 1 is 1.18 bits per heavy atom. The van der Waals surface area contributed by atoms with Crippen LogP contribution in [-0.2, 0) is 0 Å². The molecule has 0 bridgehead atoms. The van der Waals surface area contributed by atoms with E-state index in [2.05, 4.69) is 10.5 Å². The number of nitrogens with one attached hydrogen (secondary N) is 1. The first-order chi connectivity index (χ1) is 10.5. The number of carbonyl (C=O) groups is 2. The number of amides is 2. The lowest BCUT2D eigenvalue weighted by Crippen LogP contribution is -2.24. The maximum absolute atomic E-state index is 13.9. The SMILES string of the molecule is NC(=O)NN=Cc1ccc(-c2ccc(C(=O)O)cc2F)cc1. The number of benzene rings is 2. The summed E-state index contributed by atoms with van der Waals surface area (Å²) in [6, 6.07) is 9.62. The molecule has 0 spiro atoms. The van der Waals surface area contributed by atoms with Gasteiger partial charge in [0.05, 0.1) is 11.8 Å². The van der Waals surface area contributed by atoms with E-state index in [0.29, 0.717) is 16.7 Å². The van der Waals surface area contributed by atoms with Gasteiger partial charge in [-0.1, -0.05) is 30.3 Å². The number of carboxylic acids is 1. The monoisotopic (exact) mass is 301 g/mol. The minimum Gasteiger partial charge on any atom is -0.478 e. The molecule has 7 heteroatoms. The second-order valence-electron chi connectivity index (χ2n) is 4.36. The third-order valence-corrected chi connectivity index (χ3v) is 2.83. The Balaban J connectivity index is 2.22. The third kappa shape index (κ3) is 3.66. The maximum atomic E-state index is 13.9. The molecule has 0 aliphatic carbocycles. The topological polar surface area (TPSA) is 105 Å². The molecule has 4 N–H and O–H groups in total. The molecule has 0 aromatic heterocycles. The van der Waals surface area contributed by atoms with Crippen molar-refractivity contribution in [3.8, 4) is 11.1 Å². The summed E-state index contributed by atoms with van der Waals surface area (Å²) in [7, 11) is 0. The number of carbonyl (C=O) groups excluding carboxylic acids is 1. The summed E-state index contributed by atoms with van der Waals surface area (Å²) in [5, 5.41) is 12.4. The van der Waals surface area contributed by atoms with E-state index in [4.69, 9.17) is 10.8 Å². The molecule has 0 radical (unpaired) electrons. The van der Waals surface area contributed by atoms with E-state index >= 15 is 0 Å². The number of carboxylic acid groups (broad SMARTS) is 1. The number of primary amides is 1. The number of urea groups is 1. The number of aromatic carboxylic acids is 1. The Labute approximate surface area is 125 Å². The lowest BCUT2D eigenvalue weighted by atomic mass is 10.0. The van der Waals surface area contributed by atoms with Crippen molar-refractivity contribution in [2.45, 2.75) is 0 Å². The quantitative estimate of drug-likeness (QED) is 0.595. The zero-order valence-electron chi connectivity index (χ0n) is 11.3.